The van der Waals surface area contributed by atoms with E-state index in [0.717, 1.165) is 4.88 Å². The van der Waals surface area contributed by atoms with Crippen LogP contribution in [0.3, 0.4) is 0 Å². The summed E-state index contributed by atoms with van der Waals surface area (Å²) in [5.41, 5.74) is 0.879. The number of carbonyl (C=O) groups excluding carboxylic acids is 1. The Morgan fingerprint density at radius 3 is 2.54 bits per heavy atom. The third kappa shape index (κ3) is 4.67. The Hall–Kier alpha value is -2.15. The molecule has 0 aliphatic carbocycles. The van der Waals surface area contributed by atoms with E-state index in [1.54, 1.807) is 30.4 Å². The largest absolute Gasteiger partial charge is 0.433 e. The van der Waals surface area contributed by atoms with Crippen molar-refractivity contribution in [3.05, 3.63) is 46.2 Å². The van der Waals surface area contributed by atoms with Gasteiger partial charge in [-0.25, -0.2) is 4.79 Å². The van der Waals surface area contributed by atoms with E-state index < -0.39 is 12.6 Å². The number of ether oxygens (including phenoxy) is 1. The van der Waals surface area contributed by atoms with Crippen molar-refractivity contribution in [2.45, 2.75) is 33.4 Å². The highest BCUT2D eigenvalue weighted by atomic mass is 32.1. The summed E-state index contributed by atoms with van der Waals surface area (Å²) in [4.78, 5) is 13.4. The number of rotatable bonds is 6. The van der Waals surface area contributed by atoms with Crippen molar-refractivity contribution in [3.8, 4) is 5.75 Å². The molecule has 7 heteroatoms. The molecule has 1 aromatic carbocycles. The summed E-state index contributed by atoms with van der Waals surface area (Å²) in [5.74, 6) is 0.125. The molecular formula is C17H20F2N2O2S. The van der Waals surface area contributed by atoms with Gasteiger partial charge in [-0.2, -0.15) is 8.78 Å². The van der Waals surface area contributed by atoms with E-state index in [9.17, 15) is 13.6 Å². The summed E-state index contributed by atoms with van der Waals surface area (Å²) < 4.78 is 29.5. The highest BCUT2D eigenvalue weighted by molar-refractivity contribution is 7.10. The number of urea groups is 1. The van der Waals surface area contributed by atoms with Crippen LogP contribution in [0.15, 0.2) is 35.7 Å². The molecule has 0 saturated carbocycles. The van der Waals surface area contributed by atoms with Gasteiger partial charge in [-0.05, 0) is 35.9 Å². The lowest BCUT2D eigenvalue weighted by Crippen LogP contribution is -2.35. The summed E-state index contributed by atoms with van der Waals surface area (Å²) in [6.07, 6.45) is 0. The monoisotopic (exact) mass is 354 g/mol. The number of hydrogen-bond donors (Lipinski definition) is 2. The summed E-state index contributed by atoms with van der Waals surface area (Å²) in [6.45, 7) is 2.77. The van der Waals surface area contributed by atoms with Crippen LogP contribution in [-0.4, -0.2) is 12.6 Å². The number of carbonyl (C=O) groups is 1. The number of benzene rings is 1. The molecule has 4 nitrogen and oxygen atoms in total. The molecule has 0 aliphatic heterocycles. The van der Waals surface area contributed by atoms with Crippen molar-refractivity contribution in [3.63, 3.8) is 0 Å². The van der Waals surface area contributed by atoms with Crippen LogP contribution in [0.1, 0.15) is 30.3 Å². The second-order valence-corrected chi connectivity index (χ2v) is 6.64. The summed E-state index contributed by atoms with van der Waals surface area (Å²) in [7, 11) is 0. The number of hydrogen-bond acceptors (Lipinski definition) is 3. The van der Waals surface area contributed by atoms with Gasteiger partial charge in [-0.3, -0.25) is 0 Å². The van der Waals surface area contributed by atoms with Crippen molar-refractivity contribution in [1.29, 1.82) is 0 Å². The Kier molecular flexibility index (Phi) is 6.14. The number of anilines is 1. The van der Waals surface area contributed by atoms with Gasteiger partial charge in [-0.1, -0.05) is 32.0 Å². The van der Waals surface area contributed by atoms with Crippen LogP contribution in [0, 0.1) is 12.8 Å². The van der Waals surface area contributed by atoms with Crippen LogP contribution in [0.2, 0.25) is 0 Å². The van der Waals surface area contributed by atoms with Gasteiger partial charge in [0.05, 0.1) is 11.7 Å². The van der Waals surface area contributed by atoms with E-state index in [1.807, 2.05) is 31.4 Å². The summed E-state index contributed by atoms with van der Waals surface area (Å²) in [5, 5.41) is 7.46. The molecule has 0 bridgehead atoms. The third-order valence-electron chi connectivity index (χ3n) is 3.49. The molecule has 1 atom stereocenters. The van der Waals surface area contributed by atoms with Gasteiger partial charge in [-0.15, -0.1) is 11.3 Å². The molecule has 0 radical (unpaired) electrons. The first-order valence-corrected chi connectivity index (χ1v) is 8.41. The van der Waals surface area contributed by atoms with Crippen LogP contribution < -0.4 is 15.4 Å². The number of alkyl halides is 2. The predicted molar refractivity (Wildman–Crippen MR) is 91.9 cm³/mol. The van der Waals surface area contributed by atoms with Gasteiger partial charge in [0, 0.05) is 4.88 Å². The van der Waals surface area contributed by atoms with Gasteiger partial charge in [0.2, 0.25) is 0 Å². The molecule has 0 saturated heterocycles. The minimum atomic E-state index is -2.95. The number of amides is 2. The van der Waals surface area contributed by atoms with E-state index >= 15 is 0 Å². The zero-order valence-corrected chi connectivity index (χ0v) is 14.5. The van der Waals surface area contributed by atoms with Crippen molar-refractivity contribution in [2.24, 2.45) is 5.92 Å². The number of halogens is 2. The fourth-order valence-corrected chi connectivity index (χ4v) is 3.27. The minimum absolute atomic E-state index is 0.0580. The van der Waals surface area contributed by atoms with Crippen molar-refractivity contribution in [2.75, 3.05) is 5.32 Å². The normalized spacial score (nSPS) is 12.3. The second-order valence-electron chi connectivity index (χ2n) is 5.66. The average molecular weight is 354 g/mol. The topological polar surface area (TPSA) is 50.4 Å². The van der Waals surface area contributed by atoms with E-state index in [2.05, 4.69) is 15.4 Å². The molecular weight excluding hydrogens is 334 g/mol. The molecule has 0 fully saturated rings. The fourth-order valence-electron chi connectivity index (χ4n) is 2.32. The van der Waals surface area contributed by atoms with E-state index in [4.69, 9.17) is 0 Å². The van der Waals surface area contributed by atoms with Crippen molar-refractivity contribution < 1.29 is 18.3 Å². The van der Waals surface area contributed by atoms with Gasteiger partial charge < -0.3 is 15.4 Å². The molecule has 2 amide bonds. The maximum atomic E-state index is 12.5. The zero-order chi connectivity index (χ0) is 17.7. The van der Waals surface area contributed by atoms with Gasteiger partial charge in [0.1, 0.15) is 5.75 Å². The highest BCUT2D eigenvalue weighted by Crippen LogP contribution is 2.30. The number of nitrogens with one attached hydrogen (secondary N) is 2. The number of para-hydroxylation sites is 1. The zero-order valence-electron chi connectivity index (χ0n) is 13.7. The Labute approximate surface area is 143 Å². The average Bonchev–Trinajstić information content (AvgIpc) is 3.01. The van der Waals surface area contributed by atoms with Gasteiger partial charge >= 0.3 is 12.6 Å². The lowest BCUT2D eigenvalue weighted by molar-refractivity contribution is -0.0493. The van der Waals surface area contributed by atoms with Crippen molar-refractivity contribution in [1.82, 2.24) is 5.32 Å². The molecule has 130 valence electrons. The molecule has 1 heterocycles. The second kappa shape index (κ2) is 8.10. The molecule has 2 N–H and O–H groups in total. The minimum Gasteiger partial charge on any atom is -0.433 e. The lowest BCUT2D eigenvalue weighted by atomic mass is 10.0. The van der Waals surface area contributed by atoms with E-state index in [0.29, 0.717) is 5.56 Å². The van der Waals surface area contributed by atoms with Crippen molar-refractivity contribution >= 4 is 23.1 Å². The molecule has 0 spiro atoms. The molecule has 1 aromatic heterocycles. The van der Waals surface area contributed by atoms with E-state index in [1.165, 1.54) is 6.07 Å². The highest BCUT2D eigenvalue weighted by Gasteiger charge is 2.21. The molecule has 1 unspecified atom stereocenters. The quantitative estimate of drug-likeness (QED) is 0.751. The number of aryl methyl sites for hydroxylation is 1. The Morgan fingerprint density at radius 2 is 1.96 bits per heavy atom. The maximum absolute atomic E-state index is 12.5. The Balaban J connectivity index is 2.14. The first kappa shape index (κ1) is 18.2. The standard InChI is InChI=1S/C17H20F2N2O2S/c1-10(2)14(13-8-5-9-24-13)20-17(22)21-15-11(3)6-4-7-12(15)23-16(18)19/h4-10,14,16H,1-3H3,(H2,20,21,22). The van der Waals surface area contributed by atoms with Gasteiger partial charge in [0.25, 0.3) is 0 Å². The van der Waals surface area contributed by atoms with Crippen LogP contribution in [0.5, 0.6) is 5.75 Å². The third-order valence-corrected chi connectivity index (χ3v) is 4.45. The molecule has 24 heavy (non-hydrogen) atoms. The summed E-state index contributed by atoms with van der Waals surface area (Å²) in [6, 6.07) is 7.96. The van der Waals surface area contributed by atoms with Crippen LogP contribution in [0.4, 0.5) is 19.3 Å². The van der Waals surface area contributed by atoms with Gasteiger partial charge in [0.15, 0.2) is 0 Å². The summed E-state index contributed by atoms with van der Waals surface area (Å²) >= 11 is 1.56. The smallest absolute Gasteiger partial charge is 0.387 e. The SMILES string of the molecule is Cc1cccc(OC(F)F)c1NC(=O)NC(c1cccs1)C(C)C. The Bertz CT molecular complexity index is 675. The maximum Gasteiger partial charge on any atom is 0.387 e. The van der Waals surface area contributed by atoms with E-state index in [-0.39, 0.29) is 23.4 Å². The lowest BCUT2D eigenvalue weighted by Gasteiger charge is -2.22. The molecule has 2 rings (SSSR count). The fraction of sp³-hybridized carbons (Fsp3) is 0.353. The first-order chi connectivity index (χ1) is 11.4. The first-order valence-electron chi connectivity index (χ1n) is 7.53. The predicted octanol–water partition coefficient (Wildman–Crippen LogP) is 5.18. The molecule has 0 aliphatic rings. The Morgan fingerprint density at radius 1 is 1.21 bits per heavy atom. The van der Waals surface area contributed by atoms with Crippen LogP contribution in [-0.2, 0) is 0 Å². The van der Waals surface area contributed by atoms with Crippen LogP contribution >= 0.6 is 11.3 Å². The molecule has 2 aromatic rings. The number of thiophene rings is 1. The van der Waals surface area contributed by atoms with Crippen LogP contribution in [0.25, 0.3) is 0 Å².